The monoisotopic (exact) mass is 400 g/mol. The molecule has 2 aliphatic heterocycles. The molecule has 0 bridgehead atoms. The molecule has 1 saturated carbocycles. The maximum atomic E-state index is 12.3. The first-order chi connectivity index (χ1) is 14.1. The standard InChI is InChI=1S/C22H32N4O3/c27-22(23-19-5-6-19)18-4-7-20(21(16-18)26(28)29)25-14-9-17(10-15-25)8-13-24-11-2-1-3-12-24/h4,7,16-17,19H,1-3,5-6,8-15H2,(H,23,27). The zero-order valence-corrected chi connectivity index (χ0v) is 17.1. The molecule has 1 aromatic rings. The number of piperidine rings is 2. The molecule has 2 saturated heterocycles. The van der Waals surface area contributed by atoms with Gasteiger partial charge in [0.05, 0.1) is 4.92 Å². The van der Waals surface area contributed by atoms with Crippen LogP contribution in [-0.4, -0.2) is 54.5 Å². The van der Waals surface area contributed by atoms with Gasteiger partial charge in [0, 0.05) is 30.8 Å². The molecule has 0 spiro atoms. The van der Waals surface area contributed by atoms with E-state index < -0.39 is 0 Å². The fourth-order valence-corrected chi connectivity index (χ4v) is 4.59. The molecule has 0 atom stereocenters. The van der Waals surface area contributed by atoms with Gasteiger partial charge in [0.25, 0.3) is 11.6 Å². The summed E-state index contributed by atoms with van der Waals surface area (Å²) in [4.78, 5) is 28.3. The highest BCUT2D eigenvalue weighted by molar-refractivity contribution is 5.96. The van der Waals surface area contributed by atoms with Crippen LogP contribution in [-0.2, 0) is 0 Å². The molecule has 1 amide bonds. The highest BCUT2D eigenvalue weighted by atomic mass is 16.6. The quantitative estimate of drug-likeness (QED) is 0.559. The van der Waals surface area contributed by atoms with Crippen molar-refractivity contribution in [1.29, 1.82) is 0 Å². The number of benzene rings is 1. The van der Waals surface area contributed by atoms with Gasteiger partial charge in [-0.05, 0) is 82.6 Å². The first kappa shape index (κ1) is 20.1. The number of anilines is 1. The van der Waals surface area contributed by atoms with Crippen LogP contribution in [0.4, 0.5) is 11.4 Å². The van der Waals surface area contributed by atoms with Crippen molar-refractivity contribution < 1.29 is 9.72 Å². The summed E-state index contributed by atoms with van der Waals surface area (Å²) >= 11 is 0. The van der Waals surface area contributed by atoms with Crippen LogP contribution in [0, 0.1) is 16.0 Å². The number of nitrogens with one attached hydrogen (secondary N) is 1. The average molecular weight is 401 g/mol. The largest absolute Gasteiger partial charge is 0.366 e. The maximum Gasteiger partial charge on any atom is 0.293 e. The lowest BCUT2D eigenvalue weighted by Gasteiger charge is -2.35. The maximum absolute atomic E-state index is 12.3. The number of hydrogen-bond donors (Lipinski definition) is 1. The molecule has 1 aromatic carbocycles. The Morgan fingerprint density at radius 2 is 1.79 bits per heavy atom. The third-order valence-electron chi connectivity index (χ3n) is 6.60. The zero-order chi connectivity index (χ0) is 20.2. The number of rotatable bonds is 7. The van der Waals surface area contributed by atoms with Crippen LogP contribution in [0.3, 0.4) is 0 Å². The summed E-state index contributed by atoms with van der Waals surface area (Å²) in [7, 11) is 0. The summed E-state index contributed by atoms with van der Waals surface area (Å²) in [6.07, 6.45) is 9.42. The van der Waals surface area contributed by atoms with E-state index in [1.54, 1.807) is 12.1 Å². The Labute approximate surface area is 172 Å². The third kappa shape index (κ3) is 5.26. The van der Waals surface area contributed by atoms with Crippen LogP contribution in [0.1, 0.15) is 61.7 Å². The number of carbonyl (C=O) groups excluding carboxylic acids is 1. The van der Waals surface area contributed by atoms with Gasteiger partial charge in [-0.3, -0.25) is 14.9 Å². The number of nitrogens with zero attached hydrogens (tertiary/aromatic N) is 3. The van der Waals surface area contributed by atoms with Gasteiger partial charge >= 0.3 is 0 Å². The molecule has 158 valence electrons. The minimum Gasteiger partial charge on any atom is -0.366 e. The SMILES string of the molecule is O=C(NC1CC1)c1ccc(N2CCC(CCN3CCCCC3)CC2)c([N+](=O)[O-])c1. The van der Waals surface area contributed by atoms with E-state index in [1.165, 1.54) is 51.4 Å². The molecule has 1 N–H and O–H groups in total. The van der Waals surface area contributed by atoms with E-state index in [9.17, 15) is 14.9 Å². The Balaban J connectivity index is 1.34. The van der Waals surface area contributed by atoms with Crippen LogP contribution >= 0.6 is 0 Å². The van der Waals surface area contributed by atoms with E-state index in [0.29, 0.717) is 17.2 Å². The number of carbonyl (C=O) groups is 1. The van der Waals surface area contributed by atoms with Crippen LogP contribution in [0.2, 0.25) is 0 Å². The van der Waals surface area contributed by atoms with Crippen molar-refractivity contribution in [2.45, 2.75) is 57.4 Å². The van der Waals surface area contributed by atoms with E-state index in [-0.39, 0.29) is 22.6 Å². The summed E-state index contributed by atoms with van der Waals surface area (Å²) in [5.41, 5.74) is 1.07. The first-order valence-electron chi connectivity index (χ1n) is 11.2. The van der Waals surface area contributed by atoms with E-state index in [2.05, 4.69) is 15.1 Å². The minimum absolute atomic E-state index is 0.0419. The van der Waals surface area contributed by atoms with Gasteiger partial charge in [-0.2, -0.15) is 0 Å². The van der Waals surface area contributed by atoms with E-state index in [4.69, 9.17) is 0 Å². The zero-order valence-electron chi connectivity index (χ0n) is 17.1. The predicted octanol–water partition coefficient (Wildman–Crippen LogP) is 3.58. The Bertz CT molecular complexity index is 736. The molecule has 2 heterocycles. The van der Waals surface area contributed by atoms with Crippen LogP contribution in [0.15, 0.2) is 18.2 Å². The smallest absolute Gasteiger partial charge is 0.293 e. The van der Waals surface area contributed by atoms with Gasteiger partial charge in [0.1, 0.15) is 5.69 Å². The third-order valence-corrected chi connectivity index (χ3v) is 6.60. The average Bonchev–Trinajstić information content (AvgIpc) is 3.57. The molecule has 4 rings (SSSR count). The van der Waals surface area contributed by atoms with E-state index in [1.807, 2.05) is 0 Å². The summed E-state index contributed by atoms with van der Waals surface area (Å²) in [6, 6.07) is 5.16. The molecule has 0 radical (unpaired) electrons. The highest BCUT2D eigenvalue weighted by Gasteiger charge is 2.28. The second-order valence-corrected chi connectivity index (χ2v) is 8.83. The Kier molecular flexibility index (Phi) is 6.33. The van der Waals surface area contributed by atoms with Crippen molar-refractivity contribution in [3.8, 4) is 0 Å². The molecule has 1 aliphatic carbocycles. The van der Waals surface area contributed by atoms with Crippen molar-refractivity contribution in [3.63, 3.8) is 0 Å². The lowest BCUT2D eigenvalue weighted by Crippen LogP contribution is -2.36. The molecule has 7 heteroatoms. The van der Waals surface area contributed by atoms with Crippen molar-refractivity contribution in [2.24, 2.45) is 5.92 Å². The fraction of sp³-hybridized carbons (Fsp3) is 0.682. The minimum atomic E-state index is -0.355. The van der Waals surface area contributed by atoms with Gasteiger partial charge in [0.2, 0.25) is 0 Å². The summed E-state index contributed by atoms with van der Waals surface area (Å²) < 4.78 is 0. The lowest BCUT2D eigenvalue weighted by molar-refractivity contribution is -0.384. The van der Waals surface area contributed by atoms with Crippen LogP contribution in [0.25, 0.3) is 0 Å². The molecule has 3 aliphatic rings. The fourth-order valence-electron chi connectivity index (χ4n) is 4.59. The van der Waals surface area contributed by atoms with Crippen molar-refractivity contribution >= 4 is 17.3 Å². The Morgan fingerprint density at radius 3 is 2.45 bits per heavy atom. The number of nitro groups is 1. The number of amides is 1. The van der Waals surface area contributed by atoms with E-state index in [0.717, 1.165) is 38.8 Å². The molecule has 7 nitrogen and oxygen atoms in total. The first-order valence-corrected chi connectivity index (χ1v) is 11.2. The Morgan fingerprint density at radius 1 is 1.07 bits per heavy atom. The predicted molar refractivity (Wildman–Crippen MR) is 113 cm³/mol. The van der Waals surface area contributed by atoms with Gasteiger partial charge in [-0.1, -0.05) is 6.42 Å². The van der Waals surface area contributed by atoms with Crippen molar-refractivity contribution in [2.75, 3.05) is 37.6 Å². The second kappa shape index (κ2) is 9.11. The van der Waals surface area contributed by atoms with Crippen molar-refractivity contribution in [1.82, 2.24) is 10.2 Å². The lowest BCUT2D eigenvalue weighted by atomic mass is 9.92. The topological polar surface area (TPSA) is 78.7 Å². The van der Waals surface area contributed by atoms with E-state index >= 15 is 0 Å². The Hall–Kier alpha value is -2.15. The number of likely N-dealkylation sites (tertiary alicyclic amines) is 1. The second-order valence-electron chi connectivity index (χ2n) is 8.83. The molecule has 3 fully saturated rings. The van der Waals surface area contributed by atoms with Crippen molar-refractivity contribution in [3.05, 3.63) is 33.9 Å². The number of nitro benzene ring substituents is 1. The summed E-state index contributed by atoms with van der Waals surface area (Å²) in [5.74, 6) is 0.495. The molecule has 0 aromatic heterocycles. The molecule has 0 unspecified atom stereocenters. The highest BCUT2D eigenvalue weighted by Crippen LogP contribution is 2.33. The summed E-state index contributed by atoms with van der Waals surface area (Å²) in [6.45, 7) is 5.37. The van der Waals surface area contributed by atoms with Gasteiger partial charge in [0.15, 0.2) is 0 Å². The molecular formula is C22H32N4O3. The van der Waals surface area contributed by atoms with Gasteiger partial charge in [-0.15, -0.1) is 0 Å². The normalized spacial score (nSPS) is 21.2. The van der Waals surface area contributed by atoms with Crippen LogP contribution in [0.5, 0.6) is 0 Å². The molecule has 29 heavy (non-hydrogen) atoms. The summed E-state index contributed by atoms with van der Waals surface area (Å²) in [5, 5.41) is 14.6. The van der Waals surface area contributed by atoms with Gasteiger partial charge < -0.3 is 15.1 Å². The van der Waals surface area contributed by atoms with Gasteiger partial charge in [-0.25, -0.2) is 0 Å². The van der Waals surface area contributed by atoms with Crippen LogP contribution < -0.4 is 10.2 Å². The number of hydrogen-bond acceptors (Lipinski definition) is 5. The molecular weight excluding hydrogens is 368 g/mol.